The van der Waals surface area contributed by atoms with Gasteiger partial charge in [-0.25, -0.2) is 9.37 Å². The molecule has 35 heavy (non-hydrogen) atoms. The van der Waals surface area contributed by atoms with Crippen molar-refractivity contribution < 1.29 is 19.4 Å². The molecule has 3 aromatic rings. The number of rotatable bonds is 5. The maximum atomic E-state index is 15.8. The van der Waals surface area contributed by atoms with E-state index in [0.29, 0.717) is 33.3 Å². The highest BCUT2D eigenvalue weighted by Gasteiger charge is 2.49. The normalized spacial score (nSPS) is 23.3. The van der Waals surface area contributed by atoms with Crippen LogP contribution in [0.15, 0.2) is 30.6 Å². The van der Waals surface area contributed by atoms with Gasteiger partial charge < -0.3 is 25.4 Å². The van der Waals surface area contributed by atoms with Crippen LogP contribution in [-0.2, 0) is 10.4 Å². The maximum Gasteiger partial charge on any atom is 0.242 e. The number of nitrogens with zero attached hydrogens (tertiary/aromatic N) is 3. The summed E-state index contributed by atoms with van der Waals surface area (Å²) < 4.78 is 15.8. The number of likely N-dealkylation sites (tertiary alicyclic amines) is 1. The Hall–Kier alpha value is -3.32. The number of piperidine rings is 1. The number of carbonyl (C=O) groups excluding carboxylic acids is 1. The molecule has 9 heteroatoms. The Bertz CT molecular complexity index is 1280. The maximum absolute atomic E-state index is 15.8. The zero-order valence-corrected chi connectivity index (χ0v) is 20.3. The van der Waals surface area contributed by atoms with Crippen molar-refractivity contribution in [1.82, 2.24) is 20.2 Å². The van der Waals surface area contributed by atoms with Gasteiger partial charge in [-0.2, -0.15) is 5.26 Å². The van der Waals surface area contributed by atoms with Gasteiger partial charge in [0, 0.05) is 48.3 Å². The van der Waals surface area contributed by atoms with Gasteiger partial charge in [-0.1, -0.05) is 19.9 Å². The van der Waals surface area contributed by atoms with Gasteiger partial charge in [-0.05, 0) is 42.8 Å². The number of amides is 1. The van der Waals surface area contributed by atoms with Crippen LogP contribution < -0.4 is 5.32 Å². The molecule has 1 fully saturated rings. The first-order valence-corrected chi connectivity index (χ1v) is 11.6. The van der Waals surface area contributed by atoms with Crippen LogP contribution in [0.25, 0.3) is 22.2 Å². The Labute approximate surface area is 203 Å². The third kappa shape index (κ3) is 3.97. The molecular formula is C26H30FN5O3. The predicted octanol–water partition coefficient (Wildman–Crippen LogP) is 2.43. The minimum Gasteiger partial charge on any atom is -0.394 e. The number of aryl methyl sites for hydroxylation is 1. The highest BCUT2D eigenvalue weighted by atomic mass is 19.1. The van der Waals surface area contributed by atoms with Crippen molar-refractivity contribution in [3.05, 3.63) is 53.1 Å². The molecule has 1 aliphatic heterocycles. The topological polar surface area (TPSA) is 125 Å². The number of carbonyl (C=O) groups is 1. The lowest BCUT2D eigenvalue weighted by Crippen LogP contribution is -2.59. The molecule has 4 atom stereocenters. The Balaban J connectivity index is 1.74. The highest BCUT2D eigenvalue weighted by Crippen LogP contribution is 2.45. The average Bonchev–Trinajstić information content (AvgIpc) is 3.26. The molecule has 1 aliphatic rings. The number of aliphatic hydroxyl groups is 2. The number of halogens is 1. The number of benzene rings is 1. The molecule has 0 unspecified atom stereocenters. The first kappa shape index (κ1) is 24.8. The molecule has 2 aromatic heterocycles. The van der Waals surface area contributed by atoms with Crippen LogP contribution in [0.3, 0.4) is 0 Å². The van der Waals surface area contributed by atoms with Crippen molar-refractivity contribution in [1.29, 1.82) is 5.26 Å². The van der Waals surface area contributed by atoms with E-state index in [9.17, 15) is 20.3 Å². The van der Waals surface area contributed by atoms with Crippen molar-refractivity contribution in [3.8, 4) is 17.2 Å². The lowest BCUT2D eigenvalue weighted by Gasteiger charge is -2.49. The van der Waals surface area contributed by atoms with E-state index < -0.39 is 29.3 Å². The fourth-order valence-electron chi connectivity index (χ4n) is 5.48. The smallest absolute Gasteiger partial charge is 0.242 e. The summed E-state index contributed by atoms with van der Waals surface area (Å²) in [5.74, 6) is -1.69. The summed E-state index contributed by atoms with van der Waals surface area (Å²) in [7, 11) is 1.61. The summed E-state index contributed by atoms with van der Waals surface area (Å²) in [6.45, 7) is 5.52. The number of nitriles is 1. The average molecular weight is 480 g/mol. The number of pyridine rings is 1. The minimum absolute atomic E-state index is 0.223. The summed E-state index contributed by atoms with van der Waals surface area (Å²) in [4.78, 5) is 21.6. The van der Waals surface area contributed by atoms with Gasteiger partial charge in [-0.15, -0.1) is 0 Å². The minimum atomic E-state index is -1.49. The standard InChI is InChI=1S/C26H30FN5O3/c1-14-7-17(19-5-6-30-24-22(19)18(9-28)10-31-24)8-20(27)23(14)26(35)15(2)11-32(12-16(26)3)25(34)21(13-33)29-4/h5-8,10,15-16,21,29,33,35H,11-13H2,1-4H3,(H,30,31)/t15-,16+,21-,26-/m0/s1. The zero-order chi connectivity index (χ0) is 25.5. The largest absolute Gasteiger partial charge is 0.394 e. The van der Waals surface area contributed by atoms with Gasteiger partial charge in [-0.3, -0.25) is 4.79 Å². The van der Waals surface area contributed by atoms with E-state index in [4.69, 9.17) is 0 Å². The number of hydrogen-bond donors (Lipinski definition) is 4. The van der Waals surface area contributed by atoms with E-state index >= 15 is 4.39 Å². The molecule has 4 rings (SSSR count). The number of aliphatic hydroxyl groups excluding tert-OH is 1. The molecule has 0 radical (unpaired) electrons. The van der Waals surface area contributed by atoms with E-state index in [1.807, 2.05) is 19.9 Å². The van der Waals surface area contributed by atoms with Crippen LogP contribution in [-0.4, -0.2) is 63.8 Å². The Kier molecular flexibility index (Phi) is 6.64. The third-order valence-corrected chi connectivity index (χ3v) is 7.32. The Morgan fingerprint density at radius 1 is 1.40 bits per heavy atom. The van der Waals surface area contributed by atoms with Crippen LogP contribution in [0.4, 0.5) is 4.39 Å². The number of aromatic amines is 1. The fraction of sp³-hybridized carbons (Fsp3) is 0.423. The van der Waals surface area contributed by atoms with Gasteiger partial charge in [0.05, 0.1) is 12.2 Å². The number of likely N-dealkylation sites (N-methyl/N-ethyl adjacent to an activating group) is 1. The SMILES string of the molecule is CN[C@@H](CO)C(=O)N1C[C@@H](C)[C@](O)(c2c(C)cc(-c3ccnc4[nH]cc(C#N)c34)cc2F)[C@@H](C)C1. The molecule has 1 amide bonds. The van der Waals surface area contributed by atoms with Gasteiger partial charge >= 0.3 is 0 Å². The van der Waals surface area contributed by atoms with E-state index in [1.165, 1.54) is 6.07 Å². The number of H-pyrrole nitrogens is 1. The number of aromatic nitrogens is 2. The molecule has 1 aromatic carbocycles. The highest BCUT2D eigenvalue weighted by molar-refractivity contribution is 5.97. The van der Waals surface area contributed by atoms with E-state index in [-0.39, 0.29) is 31.2 Å². The van der Waals surface area contributed by atoms with Crippen molar-refractivity contribution in [2.24, 2.45) is 11.8 Å². The molecule has 3 heterocycles. The molecule has 0 spiro atoms. The van der Waals surface area contributed by atoms with Gasteiger partial charge in [0.1, 0.15) is 29.2 Å². The summed E-state index contributed by atoms with van der Waals surface area (Å²) in [5.41, 5.74) is 1.55. The lowest BCUT2D eigenvalue weighted by atomic mass is 9.69. The van der Waals surface area contributed by atoms with Gasteiger partial charge in [0.2, 0.25) is 5.91 Å². The number of fused-ring (bicyclic) bond motifs is 1. The van der Waals surface area contributed by atoms with Gasteiger partial charge in [0.15, 0.2) is 0 Å². The summed E-state index contributed by atoms with van der Waals surface area (Å²) in [6, 6.07) is 6.38. The van der Waals surface area contributed by atoms with Crippen LogP contribution >= 0.6 is 0 Å². The number of nitrogens with one attached hydrogen (secondary N) is 2. The zero-order valence-electron chi connectivity index (χ0n) is 20.3. The molecule has 184 valence electrons. The van der Waals surface area contributed by atoms with Crippen LogP contribution in [0.1, 0.15) is 30.5 Å². The quantitative estimate of drug-likeness (QED) is 0.445. The molecule has 8 nitrogen and oxygen atoms in total. The lowest BCUT2D eigenvalue weighted by molar-refractivity contribution is -0.152. The van der Waals surface area contributed by atoms with Crippen LogP contribution in [0.2, 0.25) is 0 Å². The molecule has 0 bridgehead atoms. The fourth-order valence-corrected chi connectivity index (χ4v) is 5.48. The third-order valence-electron chi connectivity index (χ3n) is 7.32. The van der Waals surface area contributed by atoms with Crippen molar-refractivity contribution in [3.63, 3.8) is 0 Å². The molecule has 0 aliphatic carbocycles. The summed E-state index contributed by atoms with van der Waals surface area (Å²) in [5, 5.41) is 34.3. The van der Waals surface area contributed by atoms with Crippen molar-refractivity contribution in [2.45, 2.75) is 32.4 Å². The second-order valence-electron chi connectivity index (χ2n) is 9.44. The monoisotopic (exact) mass is 479 g/mol. The Morgan fingerprint density at radius 2 is 2.09 bits per heavy atom. The molecular weight excluding hydrogens is 449 g/mol. The van der Waals surface area contributed by atoms with Gasteiger partial charge in [0.25, 0.3) is 0 Å². The summed E-state index contributed by atoms with van der Waals surface area (Å²) in [6.07, 6.45) is 3.18. The van der Waals surface area contributed by atoms with E-state index in [2.05, 4.69) is 21.4 Å². The van der Waals surface area contributed by atoms with Crippen LogP contribution in [0.5, 0.6) is 0 Å². The summed E-state index contributed by atoms with van der Waals surface area (Å²) >= 11 is 0. The molecule has 1 saturated heterocycles. The Morgan fingerprint density at radius 3 is 2.66 bits per heavy atom. The van der Waals surface area contributed by atoms with Crippen molar-refractivity contribution >= 4 is 16.9 Å². The second kappa shape index (κ2) is 9.38. The first-order valence-electron chi connectivity index (χ1n) is 11.6. The van der Waals surface area contributed by atoms with E-state index in [1.54, 1.807) is 37.3 Å². The first-order chi connectivity index (χ1) is 16.7. The molecule has 4 N–H and O–H groups in total. The molecule has 0 saturated carbocycles. The van der Waals surface area contributed by atoms with Crippen molar-refractivity contribution in [2.75, 3.05) is 26.7 Å². The number of hydrogen-bond acceptors (Lipinski definition) is 6. The predicted molar refractivity (Wildman–Crippen MR) is 130 cm³/mol. The van der Waals surface area contributed by atoms with Crippen LogP contribution in [0, 0.1) is 35.9 Å². The second-order valence-corrected chi connectivity index (χ2v) is 9.44. The van der Waals surface area contributed by atoms with E-state index in [0.717, 1.165) is 0 Å².